The van der Waals surface area contributed by atoms with Gasteiger partial charge in [0.25, 0.3) is 0 Å². The van der Waals surface area contributed by atoms with Crippen LogP contribution in [0.5, 0.6) is 5.75 Å². The second kappa shape index (κ2) is 7.35. The number of oxime groups is 1. The van der Waals surface area contributed by atoms with Gasteiger partial charge in [0.15, 0.2) is 0 Å². The van der Waals surface area contributed by atoms with Crippen LogP contribution in [-0.4, -0.2) is 11.4 Å². The molecule has 140 valence electrons. The fourth-order valence-corrected chi connectivity index (χ4v) is 4.07. The molecule has 0 aromatic heterocycles. The summed E-state index contributed by atoms with van der Waals surface area (Å²) in [6.07, 6.45) is 1.48. The van der Waals surface area contributed by atoms with E-state index in [9.17, 15) is 0 Å². The van der Waals surface area contributed by atoms with Crippen LogP contribution >= 0.6 is 0 Å². The van der Waals surface area contributed by atoms with Crippen molar-refractivity contribution in [1.29, 1.82) is 0 Å². The molecule has 0 amide bonds. The maximum Gasteiger partial charge on any atom is 0.126 e. The Morgan fingerprint density at radius 1 is 0.857 bits per heavy atom. The lowest BCUT2D eigenvalue weighted by molar-refractivity contribution is 0.304. The summed E-state index contributed by atoms with van der Waals surface area (Å²) < 4.78 is 6.37. The van der Waals surface area contributed by atoms with Gasteiger partial charge in [0, 0.05) is 16.7 Å². The number of fused-ring (bicyclic) bond motifs is 2. The molecule has 0 bridgehead atoms. The van der Waals surface area contributed by atoms with E-state index in [-0.39, 0.29) is 0 Å². The summed E-state index contributed by atoms with van der Waals surface area (Å²) in [5, 5.41) is 17.1. The highest BCUT2D eigenvalue weighted by Crippen LogP contribution is 2.32. The minimum absolute atomic E-state index is 0.475. The lowest BCUT2D eigenvalue weighted by Gasteiger charge is -2.18. The van der Waals surface area contributed by atoms with E-state index in [0.717, 1.165) is 28.0 Å². The van der Waals surface area contributed by atoms with E-state index in [2.05, 4.69) is 72.7 Å². The molecule has 0 radical (unpaired) electrons. The van der Waals surface area contributed by atoms with Gasteiger partial charge in [-0.15, -0.1) is 0 Å². The molecule has 4 aromatic carbocycles. The molecular formula is C25H23NO2. The number of hydrogen-bond donors (Lipinski definition) is 1. The summed E-state index contributed by atoms with van der Waals surface area (Å²) in [6, 6.07) is 21.2. The van der Waals surface area contributed by atoms with Crippen molar-refractivity contribution in [2.75, 3.05) is 0 Å². The molecule has 3 nitrogen and oxygen atoms in total. The van der Waals surface area contributed by atoms with E-state index in [4.69, 9.17) is 9.94 Å². The van der Waals surface area contributed by atoms with Gasteiger partial charge in [0.05, 0.1) is 6.21 Å². The van der Waals surface area contributed by atoms with Gasteiger partial charge in [-0.1, -0.05) is 59.8 Å². The highest BCUT2D eigenvalue weighted by molar-refractivity contribution is 6.02. The van der Waals surface area contributed by atoms with Crippen molar-refractivity contribution in [2.45, 2.75) is 27.4 Å². The predicted octanol–water partition coefficient (Wildman–Crippen LogP) is 6.31. The van der Waals surface area contributed by atoms with Crippen molar-refractivity contribution in [1.82, 2.24) is 0 Å². The molecule has 4 rings (SSSR count). The molecule has 0 aliphatic carbocycles. The first-order valence-corrected chi connectivity index (χ1v) is 9.40. The SMILES string of the molecule is Cc1cc(C)c(OCc2c3ccccc3cc3ccccc23)c(C)c1/C=N/O. The van der Waals surface area contributed by atoms with Crippen molar-refractivity contribution >= 4 is 27.8 Å². The molecule has 0 saturated carbocycles. The van der Waals surface area contributed by atoms with E-state index in [1.54, 1.807) is 0 Å². The number of hydrogen-bond acceptors (Lipinski definition) is 3. The molecule has 0 aliphatic rings. The highest BCUT2D eigenvalue weighted by atomic mass is 16.5. The van der Waals surface area contributed by atoms with Crippen molar-refractivity contribution in [3.05, 3.63) is 88.5 Å². The summed E-state index contributed by atoms with van der Waals surface area (Å²) in [6.45, 7) is 6.55. The smallest absolute Gasteiger partial charge is 0.126 e. The van der Waals surface area contributed by atoms with Crippen LogP contribution in [0.3, 0.4) is 0 Å². The second-order valence-corrected chi connectivity index (χ2v) is 7.21. The monoisotopic (exact) mass is 369 g/mol. The Hall–Kier alpha value is -3.33. The first kappa shape index (κ1) is 18.1. The van der Waals surface area contributed by atoms with Crippen molar-refractivity contribution < 1.29 is 9.94 Å². The third kappa shape index (κ3) is 3.09. The van der Waals surface area contributed by atoms with Crippen molar-refractivity contribution in [2.24, 2.45) is 5.16 Å². The normalized spacial score (nSPS) is 11.5. The van der Waals surface area contributed by atoms with Gasteiger partial charge in [-0.05, 0) is 59.5 Å². The molecule has 28 heavy (non-hydrogen) atoms. The topological polar surface area (TPSA) is 41.8 Å². The third-order valence-corrected chi connectivity index (χ3v) is 5.39. The van der Waals surface area contributed by atoms with Crippen LogP contribution < -0.4 is 4.74 Å². The molecular weight excluding hydrogens is 346 g/mol. The molecule has 0 spiro atoms. The Bertz CT molecular complexity index is 1150. The summed E-state index contributed by atoms with van der Waals surface area (Å²) in [4.78, 5) is 0. The average Bonchev–Trinajstić information content (AvgIpc) is 2.70. The van der Waals surface area contributed by atoms with Gasteiger partial charge >= 0.3 is 0 Å². The van der Waals surface area contributed by atoms with E-state index in [1.807, 2.05) is 13.8 Å². The Morgan fingerprint density at radius 2 is 1.46 bits per heavy atom. The van der Waals surface area contributed by atoms with Crippen LogP contribution in [0.25, 0.3) is 21.5 Å². The standard InChI is InChI=1S/C25H23NO2/c1-16-12-17(2)25(18(3)23(16)14-26-27)28-15-24-21-10-6-4-8-19(21)13-20-9-5-7-11-22(20)24/h4-14,27H,15H2,1-3H3/b26-14+. The summed E-state index contributed by atoms with van der Waals surface area (Å²) in [7, 11) is 0. The van der Waals surface area contributed by atoms with Gasteiger partial charge in [0.1, 0.15) is 12.4 Å². The number of nitrogens with zero attached hydrogens (tertiary/aromatic N) is 1. The van der Waals surface area contributed by atoms with E-state index in [0.29, 0.717) is 6.61 Å². The van der Waals surface area contributed by atoms with E-state index >= 15 is 0 Å². The minimum Gasteiger partial charge on any atom is -0.488 e. The van der Waals surface area contributed by atoms with Gasteiger partial charge in [-0.3, -0.25) is 0 Å². The van der Waals surface area contributed by atoms with Crippen LogP contribution in [0.4, 0.5) is 0 Å². The Kier molecular flexibility index (Phi) is 4.74. The Morgan fingerprint density at radius 3 is 2.07 bits per heavy atom. The van der Waals surface area contributed by atoms with Crippen molar-refractivity contribution in [3.8, 4) is 5.75 Å². The Labute approximate surface area is 164 Å². The largest absolute Gasteiger partial charge is 0.488 e. The number of rotatable bonds is 4. The zero-order valence-corrected chi connectivity index (χ0v) is 16.4. The van der Waals surface area contributed by atoms with Crippen LogP contribution in [0.1, 0.15) is 27.8 Å². The van der Waals surface area contributed by atoms with E-state index in [1.165, 1.54) is 33.3 Å². The molecule has 0 fully saturated rings. The highest BCUT2D eigenvalue weighted by Gasteiger charge is 2.13. The molecule has 0 saturated heterocycles. The maximum absolute atomic E-state index is 9.00. The molecule has 0 atom stereocenters. The van der Waals surface area contributed by atoms with Gasteiger partial charge in [-0.2, -0.15) is 0 Å². The molecule has 1 N–H and O–H groups in total. The molecule has 0 heterocycles. The summed E-state index contributed by atoms with van der Waals surface area (Å²) in [5.41, 5.74) is 5.21. The molecule has 0 aliphatic heterocycles. The van der Waals surface area contributed by atoms with Gasteiger partial charge in [-0.25, -0.2) is 0 Å². The van der Waals surface area contributed by atoms with Gasteiger partial charge < -0.3 is 9.94 Å². The Balaban J connectivity index is 1.82. The maximum atomic E-state index is 9.00. The van der Waals surface area contributed by atoms with Crippen LogP contribution in [0.2, 0.25) is 0 Å². The fraction of sp³-hybridized carbons (Fsp3) is 0.160. The second-order valence-electron chi connectivity index (χ2n) is 7.21. The molecule has 4 aromatic rings. The first-order chi connectivity index (χ1) is 13.6. The number of aryl methyl sites for hydroxylation is 2. The summed E-state index contributed by atoms with van der Waals surface area (Å²) in [5.74, 6) is 0.845. The predicted molar refractivity (Wildman–Crippen MR) is 116 cm³/mol. The molecule has 3 heteroatoms. The average molecular weight is 369 g/mol. The van der Waals surface area contributed by atoms with E-state index < -0.39 is 0 Å². The minimum atomic E-state index is 0.475. The fourth-order valence-electron chi connectivity index (χ4n) is 4.07. The van der Waals surface area contributed by atoms with Crippen LogP contribution in [0.15, 0.2) is 65.8 Å². The lowest BCUT2D eigenvalue weighted by atomic mass is 9.97. The zero-order chi connectivity index (χ0) is 19.7. The van der Waals surface area contributed by atoms with Crippen LogP contribution in [0, 0.1) is 20.8 Å². The first-order valence-electron chi connectivity index (χ1n) is 9.40. The zero-order valence-electron chi connectivity index (χ0n) is 16.4. The third-order valence-electron chi connectivity index (χ3n) is 5.39. The van der Waals surface area contributed by atoms with Crippen LogP contribution in [-0.2, 0) is 6.61 Å². The number of benzene rings is 4. The summed E-state index contributed by atoms with van der Waals surface area (Å²) >= 11 is 0. The van der Waals surface area contributed by atoms with Gasteiger partial charge in [0.2, 0.25) is 0 Å². The molecule has 0 unspecified atom stereocenters. The quantitative estimate of drug-likeness (QED) is 0.198. The number of ether oxygens (including phenoxy) is 1. The van der Waals surface area contributed by atoms with Crippen molar-refractivity contribution in [3.63, 3.8) is 0 Å². The lowest BCUT2D eigenvalue weighted by Crippen LogP contribution is -2.04.